The number of ether oxygens (including phenoxy) is 1. The third-order valence-corrected chi connectivity index (χ3v) is 2.56. The SMILES string of the molecule is CC(=O)C(C)OCc1ccc(C)cc1C. The molecule has 1 aromatic carbocycles. The summed E-state index contributed by atoms with van der Waals surface area (Å²) in [6.45, 7) is 7.96. The highest BCUT2D eigenvalue weighted by atomic mass is 16.5. The molecule has 82 valence electrons. The molecule has 1 rings (SSSR count). The second-order valence-electron chi connectivity index (χ2n) is 3.99. The Balaban J connectivity index is 2.62. The molecule has 1 atom stereocenters. The largest absolute Gasteiger partial charge is 0.366 e. The Hall–Kier alpha value is -1.15. The van der Waals surface area contributed by atoms with Crippen LogP contribution in [0.3, 0.4) is 0 Å². The van der Waals surface area contributed by atoms with E-state index in [0.29, 0.717) is 6.61 Å². The van der Waals surface area contributed by atoms with Crippen molar-refractivity contribution in [3.05, 3.63) is 34.9 Å². The van der Waals surface area contributed by atoms with Crippen LogP contribution in [-0.2, 0) is 16.1 Å². The average molecular weight is 206 g/mol. The molecular formula is C13H18O2. The summed E-state index contributed by atoms with van der Waals surface area (Å²) in [6, 6.07) is 6.23. The summed E-state index contributed by atoms with van der Waals surface area (Å²) < 4.78 is 5.46. The zero-order chi connectivity index (χ0) is 11.4. The summed E-state index contributed by atoms with van der Waals surface area (Å²) in [5, 5.41) is 0. The van der Waals surface area contributed by atoms with Crippen molar-refractivity contribution in [1.29, 1.82) is 0 Å². The molecule has 0 aliphatic carbocycles. The van der Waals surface area contributed by atoms with Gasteiger partial charge in [-0.2, -0.15) is 0 Å². The van der Waals surface area contributed by atoms with Crippen LogP contribution in [0.1, 0.15) is 30.5 Å². The van der Waals surface area contributed by atoms with Gasteiger partial charge in [0.1, 0.15) is 6.10 Å². The summed E-state index contributed by atoms with van der Waals surface area (Å²) >= 11 is 0. The zero-order valence-corrected chi connectivity index (χ0v) is 9.83. The fourth-order valence-electron chi connectivity index (χ4n) is 1.34. The Morgan fingerprint density at radius 2 is 2.07 bits per heavy atom. The number of aryl methyl sites for hydroxylation is 2. The summed E-state index contributed by atoms with van der Waals surface area (Å²) in [5.41, 5.74) is 3.61. The number of carbonyl (C=O) groups is 1. The van der Waals surface area contributed by atoms with Gasteiger partial charge in [0.2, 0.25) is 0 Å². The maximum absolute atomic E-state index is 11.0. The standard InChI is InChI=1S/C13H18O2/c1-9-5-6-13(10(2)7-9)8-15-12(4)11(3)14/h5-7,12H,8H2,1-4H3. The zero-order valence-electron chi connectivity index (χ0n) is 9.83. The van der Waals surface area contributed by atoms with Crippen molar-refractivity contribution in [2.75, 3.05) is 0 Å². The van der Waals surface area contributed by atoms with E-state index >= 15 is 0 Å². The predicted molar refractivity (Wildman–Crippen MR) is 60.8 cm³/mol. The van der Waals surface area contributed by atoms with Crippen LogP contribution in [-0.4, -0.2) is 11.9 Å². The van der Waals surface area contributed by atoms with E-state index in [1.54, 1.807) is 13.8 Å². The van der Waals surface area contributed by atoms with E-state index in [9.17, 15) is 4.79 Å². The maximum Gasteiger partial charge on any atom is 0.158 e. The first-order valence-corrected chi connectivity index (χ1v) is 5.19. The number of rotatable bonds is 4. The molecule has 0 aliphatic rings. The van der Waals surface area contributed by atoms with Gasteiger partial charge in [-0.3, -0.25) is 4.79 Å². The molecule has 0 saturated heterocycles. The van der Waals surface area contributed by atoms with E-state index in [1.165, 1.54) is 11.1 Å². The lowest BCUT2D eigenvalue weighted by Crippen LogP contribution is -2.17. The highest BCUT2D eigenvalue weighted by Gasteiger charge is 2.08. The van der Waals surface area contributed by atoms with E-state index < -0.39 is 0 Å². The Kier molecular flexibility index (Phi) is 4.04. The number of hydrogen-bond acceptors (Lipinski definition) is 2. The van der Waals surface area contributed by atoms with Gasteiger partial charge in [-0.15, -0.1) is 0 Å². The highest BCUT2D eigenvalue weighted by molar-refractivity contribution is 5.79. The highest BCUT2D eigenvalue weighted by Crippen LogP contribution is 2.12. The third kappa shape index (κ3) is 3.48. The van der Waals surface area contributed by atoms with Crippen LogP contribution in [0.2, 0.25) is 0 Å². The molecule has 1 unspecified atom stereocenters. The monoisotopic (exact) mass is 206 g/mol. The van der Waals surface area contributed by atoms with Gasteiger partial charge in [0.25, 0.3) is 0 Å². The summed E-state index contributed by atoms with van der Waals surface area (Å²) in [6.07, 6.45) is -0.314. The lowest BCUT2D eigenvalue weighted by Gasteiger charge is -2.11. The van der Waals surface area contributed by atoms with Gasteiger partial charge in [-0.05, 0) is 38.8 Å². The van der Waals surface area contributed by atoms with E-state index in [-0.39, 0.29) is 11.9 Å². The molecule has 0 fully saturated rings. The Morgan fingerprint density at radius 1 is 1.40 bits per heavy atom. The van der Waals surface area contributed by atoms with E-state index in [4.69, 9.17) is 4.74 Å². The molecule has 0 heterocycles. The predicted octanol–water partition coefficient (Wildman–Crippen LogP) is 2.80. The molecule has 2 heteroatoms. The van der Waals surface area contributed by atoms with Crippen molar-refractivity contribution in [1.82, 2.24) is 0 Å². The topological polar surface area (TPSA) is 26.3 Å². The molecule has 0 radical (unpaired) electrons. The molecule has 0 aliphatic heterocycles. The third-order valence-electron chi connectivity index (χ3n) is 2.56. The number of Topliss-reactive ketones (excluding diaryl/α,β-unsaturated/α-hetero) is 1. The normalized spacial score (nSPS) is 12.5. The van der Waals surface area contributed by atoms with Crippen LogP contribution in [0, 0.1) is 13.8 Å². The number of hydrogen-bond donors (Lipinski definition) is 0. The first kappa shape index (κ1) is 11.9. The van der Waals surface area contributed by atoms with Crippen LogP contribution in [0.4, 0.5) is 0 Å². The van der Waals surface area contributed by atoms with Gasteiger partial charge in [0.15, 0.2) is 5.78 Å². The van der Waals surface area contributed by atoms with Gasteiger partial charge in [-0.1, -0.05) is 23.8 Å². The smallest absolute Gasteiger partial charge is 0.158 e. The van der Waals surface area contributed by atoms with Gasteiger partial charge in [0, 0.05) is 0 Å². The van der Waals surface area contributed by atoms with Crippen LogP contribution in [0.5, 0.6) is 0 Å². The Bertz CT molecular complexity index is 356. The molecule has 0 saturated carbocycles. The molecule has 0 amide bonds. The first-order chi connectivity index (χ1) is 7.00. The molecular weight excluding hydrogens is 188 g/mol. The number of benzene rings is 1. The van der Waals surface area contributed by atoms with Crippen LogP contribution < -0.4 is 0 Å². The lowest BCUT2D eigenvalue weighted by molar-refractivity contribution is -0.127. The van der Waals surface area contributed by atoms with Crippen LogP contribution >= 0.6 is 0 Å². The number of ketones is 1. The number of carbonyl (C=O) groups excluding carboxylic acids is 1. The quantitative estimate of drug-likeness (QED) is 0.757. The minimum atomic E-state index is -0.314. The molecule has 2 nitrogen and oxygen atoms in total. The minimum Gasteiger partial charge on any atom is -0.366 e. The van der Waals surface area contributed by atoms with E-state index in [0.717, 1.165) is 5.56 Å². The second-order valence-corrected chi connectivity index (χ2v) is 3.99. The van der Waals surface area contributed by atoms with Gasteiger partial charge >= 0.3 is 0 Å². The molecule has 0 N–H and O–H groups in total. The first-order valence-electron chi connectivity index (χ1n) is 5.19. The van der Waals surface area contributed by atoms with Crippen LogP contribution in [0.15, 0.2) is 18.2 Å². The maximum atomic E-state index is 11.0. The van der Waals surface area contributed by atoms with Gasteiger partial charge in [0.05, 0.1) is 6.61 Å². The molecule has 1 aromatic rings. The molecule has 0 spiro atoms. The van der Waals surface area contributed by atoms with Crippen molar-refractivity contribution in [3.63, 3.8) is 0 Å². The minimum absolute atomic E-state index is 0.0692. The average Bonchev–Trinajstić information content (AvgIpc) is 2.15. The molecule has 15 heavy (non-hydrogen) atoms. The van der Waals surface area contributed by atoms with Crippen molar-refractivity contribution in [3.8, 4) is 0 Å². The van der Waals surface area contributed by atoms with Crippen molar-refractivity contribution in [2.24, 2.45) is 0 Å². The van der Waals surface area contributed by atoms with E-state index in [1.807, 2.05) is 0 Å². The second kappa shape index (κ2) is 5.08. The van der Waals surface area contributed by atoms with Gasteiger partial charge < -0.3 is 4.74 Å². The van der Waals surface area contributed by atoms with Gasteiger partial charge in [-0.25, -0.2) is 0 Å². The summed E-state index contributed by atoms with van der Waals surface area (Å²) in [7, 11) is 0. The lowest BCUT2D eigenvalue weighted by atomic mass is 10.1. The summed E-state index contributed by atoms with van der Waals surface area (Å²) in [4.78, 5) is 11.0. The molecule has 0 aromatic heterocycles. The Labute approximate surface area is 91.3 Å². The van der Waals surface area contributed by atoms with Crippen molar-refractivity contribution < 1.29 is 9.53 Å². The fourth-order valence-corrected chi connectivity index (χ4v) is 1.34. The Morgan fingerprint density at radius 3 is 2.60 bits per heavy atom. The van der Waals surface area contributed by atoms with Crippen LogP contribution in [0.25, 0.3) is 0 Å². The van der Waals surface area contributed by atoms with E-state index in [2.05, 4.69) is 32.0 Å². The summed E-state index contributed by atoms with van der Waals surface area (Å²) in [5.74, 6) is 0.0692. The fraction of sp³-hybridized carbons (Fsp3) is 0.462. The molecule has 0 bridgehead atoms. The van der Waals surface area contributed by atoms with Crippen molar-refractivity contribution in [2.45, 2.75) is 40.4 Å². The van der Waals surface area contributed by atoms with Crippen molar-refractivity contribution >= 4 is 5.78 Å².